The summed E-state index contributed by atoms with van der Waals surface area (Å²) in [4.78, 5) is 25.6. The van der Waals surface area contributed by atoms with Crippen molar-refractivity contribution in [1.82, 2.24) is 4.98 Å². The third-order valence-corrected chi connectivity index (χ3v) is 2.66. The van der Waals surface area contributed by atoms with Crippen LogP contribution in [0.25, 0.3) is 0 Å². The van der Waals surface area contributed by atoms with Gasteiger partial charge in [-0.15, -0.1) is 0 Å². The van der Waals surface area contributed by atoms with E-state index in [4.69, 9.17) is 16.3 Å². The quantitative estimate of drug-likeness (QED) is 0.481. The van der Waals surface area contributed by atoms with Gasteiger partial charge < -0.3 is 4.74 Å². The van der Waals surface area contributed by atoms with Crippen LogP contribution in [-0.4, -0.2) is 22.3 Å². The molecule has 2 rings (SSSR count). The summed E-state index contributed by atoms with van der Waals surface area (Å²) < 4.78 is 5.25. The van der Waals surface area contributed by atoms with Crippen molar-refractivity contribution in [3.05, 3.63) is 63.4 Å². The number of halogens is 1. The van der Waals surface area contributed by atoms with E-state index in [1.807, 2.05) is 0 Å². The zero-order valence-corrected chi connectivity index (χ0v) is 10.9. The molecule has 0 unspecified atom stereocenters. The minimum Gasteiger partial charge on any atom is -0.484 e. The fourth-order valence-electron chi connectivity index (χ4n) is 1.47. The molecule has 1 heterocycles. The average molecular weight is 293 g/mol. The summed E-state index contributed by atoms with van der Waals surface area (Å²) >= 11 is 5.73. The second kappa shape index (κ2) is 6.12. The van der Waals surface area contributed by atoms with E-state index >= 15 is 0 Å². The molecule has 1 aromatic carbocycles. The smallest absolute Gasteiger partial charge is 0.269 e. The van der Waals surface area contributed by atoms with Crippen LogP contribution >= 0.6 is 11.6 Å². The second-order valence-corrected chi connectivity index (χ2v) is 4.29. The fourth-order valence-corrected chi connectivity index (χ4v) is 1.64. The lowest BCUT2D eigenvalue weighted by Crippen LogP contribution is -2.11. The van der Waals surface area contributed by atoms with Crippen molar-refractivity contribution in [2.24, 2.45) is 0 Å². The first kappa shape index (κ1) is 14.0. The van der Waals surface area contributed by atoms with Crippen molar-refractivity contribution in [3.8, 4) is 5.75 Å². The number of nitrogens with zero attached hydrogens (tertiary/aromatic N) is 2. The van der Waals surface area contributed by atoms with Gasteiger partial charge in [0.15, 0.2) is 12.4 Å². The number of hydrogen-bond acceptors (Lipinski definition) is 5. The number of nitro groups is 1. The average Bonchev–Trinajstić information content (AvgIpc) is 2.45. The highest BCUT2D eigenvalue weighted by atomic mass is 35.5. The number of hydrogen-bond donors (Lipinski definition) is 0. The minimum absolute atomic E-state index is 0.0680. The van der Waals surface area contributed by atoms with Crippen LogP contribution in [-0.2, 0) is 0 Å². The minimum atomic E-state index is -0.525. The number of Topliss-reactive ketones (excluding diaryl/α,β-unsaturated/α-hetero) is 1. The standard InChI is InChI=1S/C13H9ClN2O4/c14-10-5-12(7-15-6-10)20-8-13(17)9-1-3-11(4-2-9)16(18)19/h1-7H,8H2. The lowest BCUT2D eigenvalue weighted by Gasteiger charge is -2.05. The van der Waals surface area contributed by atoms with Crippen molar-refractivity contribution in [2.45, 2.75) is 0 Å². The molecule has 0 atom stereocenters. The van der Waals surface area contributed by atoms with E-state index in [2.05, 4.69) is 4.98 Å². The van der Waals surface area contributed by atoms with E-state index in [0.717, 1.165) is 0 Å². The Kier molecular flexibility index (Phi) is 4.27. The first-order valence-corrected chi connectivity index (χ1v) is 5.95. The molecule has 7 heteroatoms. The Balaban J connectivity index is 1.99. The maximum Gasteiger partial charge on any atom is 0.269 e. The topological polar surface area (TPSA) is 82.3 Å². The number of ketones is 1. The van der Waals surface area contributed by atoms with Crippen LogP contribution in [0.5, 0.6) is 5.75 Å². The summed E-state index contributed by atoms with van der Waals surface area (Å²) in [5, 5.41) is 10.9. The first-order chi connectivity index (χ1) is 9.56. The van der Waals surface area contributed by atoms with Crippen molar-refractivity contribution in [2.75, 3.05) is 6.61 Å². The summed E-state index contributed by atoms with van der Waals surface area (Å²) in [6, 6.07) is 6.86. The number of pyridine rings is 1. The Morgan fingerprint density at radius 3 is 2.60 bits per heavy atom. The molecular weight excluding hydrogens is 284 g/mol. The highest BCUT2D eigenvalue weighted by molar-refractivity contribution is 6.30. The fraction of sp³-hybridized carbons (Fsp3) is 0.0769. The van der Waals surface area contributed by atoms with Crippen LogP contribution in [0.15, 0.2) is 42.7 Å². The van der Waals surface area contributed by atoms with Gasteiger partial charge in [0.25, 0.3) is 5.69 Å². The van der Waals surface area contributed by atoms with E-state index in [0.29, 0.717) is 16.3 Å². The Hall–Kier alpha value is -2.47. The summed E-state index contributed by atoms with van der Waals surface area (Å²) in [7, 11) is 0. The summed E-state index contributed by atoms with van der Waals surface area (Å²) in [5.74, 6) is 0.0904. The van der Waals surface area contributed by atoms with Gasteiger partial charge in [-0.2, -0.15) is 0 Å². The molecule has 0 aliphatic heterocycles. The molecule has 6 nitrogen and oxygen atoms in total. The number of carbonyl (C=O) groups is 1. The predicted octanol–water partition coefficient (Wildman–Crippen LogP) is 2.90. The third-order valence-electron chi connectivity index (χ3n) is 2.45. The molecule has 1 aromatic heterocycles. The molecule has 102 valence electrons. The number of nitro benzene ring substituents is 1. The van der Waals surface area contributed by atoms with Crippen molar-refractivity contribution in [1.29, 1.82) is 0 Å². The van der Waals surface area contributed by atoms with Crippen molar-refractivity contribution < 1.29 is 14.5 Å². The molecule has 0 aliphatic carbocycles. The summed E-state index contributed by atoms with van der Waals surface area (Å²) in [6.07, 6.45) is 2.89. The Bertz CT molecular complexity index is 643. The van der Waals surface area contributed by atoms with Crippen LogP contribution in [0.4, 0.5) is 5.69 Å². The van der Waals surface area contributed by atoms with Crippen LogP contribution in [0.3, 0.4) is 0 Å². The summed E-state index contributed by atoms with van der Waals surface area (Å²) in [5.41, 5.74) is 0.270. The van der Waals surface area contributed by atoms with E-state index in [1.165, 1.54) is 42.7 Å². The monoisotopic (exact) mass is 292 g/mol. The Morgan fingerprint density at radius 1 is 1.30 bits per heavy atom. The number of non-ortho nitro benzene ring substituents is 1. The molecule has 0 N–H and O–H groups in total. The Labute approximate surface area is 119 Å². The molecule has 0 radical (unpaired) electrons. The highest BCUT2D eigenvalue weighted by Crippen LogP contribution is 2.16. The Morgan fingerprint density at radius 2 is 2.00 bits per heavy atom. The molecular formula is C13H9ClN2O4. The lowest BCUT2D eigenvalue weighted by atomic mass is 10.1. The van der Waals surface area contributed by atoms with E-state index in [9.17, 15) is 14.9 Å². The first-order valence-electron chi connectivity index (χ1n) is 5.57. The normalized spacial score (nSPS) is 10.1. The van der Waals surface area contributed by atoms with Gasteiger partial charge in [-0.3, -0.25) is 19.9 Å². The van der Waals surface area contributed by atoms with Gasteiger partial charge in [0.2, 0.25) is 0 Å². The van der Waals surface area contributed by atoms with Gasteiger partial charge in [-0.25, -0.2) is 0 Å². The third kappa shape index (κ3) is 3.52. The lowest BCUT2D eigenvalue weighted by molar-refractivity contribution is -0.384. The number of rotatable bonds is 5. The van der Waals surface area contributed by atoms with E-state index in [-0.39, 0.29) is 18.1 Å². The van der Waals surface area contributed by atoms with E-state index in [1.54, 1.807) is 0 Å². The molecule has 0 spiro atoms. The maximum atomic E-state index is 11.8. The summed E-state index contributed by atoms with van der Waals surface area (Å²) in [6.45, 7) is -0.195. The molecule has 2 aromatic rings. The number of ether oxygens (including phenoxy) is 1. The van der Waals surface area contributed by atoms with Gasteiger partial charge >= 0.3 is 0 Å². The van der Waals surface area contributed by atoms with Crippen molar-refractivity contribution >= 4 is 23.1 Å². The second-order valence-electron chi connectivity index (χ2n) is 3.85. The van der Waals surface area contributed by atoms with E-state index < -0.39 is 4.92 Å². The molecule has 20 heavy (non-hydrogen) atoms. The van der Waals surface area contributed by atoms with Crippen LogP contribution in [0, 0.1) is 10.1 Å². The molecule has 0 saturated carbocycles. The van der Waals surface area contributed by atoms with Crippen LogP contribution < -0.4 is 4.74 Å². The number of carbonyl (C=O) groups excluding carboxylic acids is 1. The van der Waals surface area contributed by atoms with Gasteiger partial charge in [0.05, 0.1) is 16.1 Å². The maximum absolute atomic E-state index is 11.8. The molecule has 0 saturated heterocycles. The molecule has 0 fully saturated rings. The van der Waals surface area contributed by atoms with Gasteiger partial charge in [-0.05, 0) is 12.1 Å². The largest absolute Gasteiger partial charge is 0.484 e. The van der Waals surface area contributed by atoms with Crippen LogP contribution in [0.1, 0.15) is 10.4 Å². The highest BCUT2D eigenvalue weighted by Gasteiger charge is 2.10. The number of aromatic nitrogens is 1. The zero-order valence-electron chi connectivity index (χ0n) is 10.2. The van der Waals surface area contributed by atoms with Gasteiger partial charge in [-0.1, -0.05) is 11.6 Å². The van der Waals surface area contributed by atoms with Gasteiger partial charge in [0, 0.05) is 30.0 Å². The molecule has 0 bridgehead atoms. The molecule has 0 amide bonds. The predicted molar refractivity (Wildman–Crippen MR) is 72.2 cm³/mol. The van der Waals surface area contributed by atoms with Gasteiger partial charge in [0.1, 0.15) is 5.75 Å². The SMILES string of the molecule is O=C(COc1cncc(Cl)c1)c1ccc([N+](=O)[O-])cc1. The number of benzene rings is 1. The van der Waals surface area contributed by atoms with Crippen molar-refractivity contribution in [3.63, 3.8) is 0 Å². The zero-order chi connectivity index (χ0) is 14.5. The van der Waals surface area contributed by atoms with Crippen LogP contribution in [0.2, 0.25) is 5.02 Å². The molecule has 0 aliphatic rings.